The molecule has 7 nitrogen and oxygen atoms in total. The number of ether oxygens (including phenoxy) is 2. The average Bonchev–Trinajstić information content (AvgIpc) is 3.17. The molecule has 0 fully saturated rings. The Morgan fingerprint density at radius 1 is 1.11 bits per heavy atom. The number of hydrazone groups is 1. The minimum atomic E-state index is -0.444. The van der Waals surface area contributed by atoms with E-state index in [1.807, 2.05) is 0 Å². The molecule has 0 unspecified atom stereocenters. The molecule has 28 heavy (non-hydrogen) atoms. The van der Waals surface area contributed by atoms with Crippen LogP contribution >= 0.6 is 23.2 Å². The zero-order valence-corrected chi connectivity index (χ0v) is 16.5. The molecular formula is C19H16Cl2N4O3. The van der Waals surface area contributed by atoms with Gasteiger partial charge in [0.1, 0.15) is 5.69 Å². The van der Waals surface area contributed by atoms with E-state index in [2.05, 4.69) is 20.7 Å². The maximum absolute atomic E-state index is 12.2. The number of carbonyl (C=O) groups is 1. The van der Waals surface area contributed by atoms with Crippen molar-refractivity contribution in [3.63, 3.8) is 0 Å². The number of hydrogen-bond acceptors (Lipinski definition) is 5. The number of benzene rings is 2. The zero-order chi connectivity index (χ0) is 20.1. The first-order valence-corrected chi connectivity index (χ1v) is 8.83. The molecule has 1 aromatic heterocycles. The van der Waals surface area contributed by atoms with Crippen LogP contribution in [-0.2, 0) is 0 Å². The van der Waals surface area contributed by atoms with Crippen LogP contribution in [0.25, 0.3) is 11.3 Å². The van der Waals surface area contributed by atoms with Gasteiger partial charge in [0.05, 0.1) is 31.2 Å². The molecule has 0 aliphatic carbocycles. The Bertz CT molecular complexity index is 1030. The summed E-state index contributed by atoms with van der Waals surface area (Å²) >= 11 is 12.1. The van der Waals surface area contributed by atoms with Crippen LogP contribution in [0.5, 0.6) is 11.5 Å². The lowest BCUT2D eigenvalue weighted by atomic mass is 10.1. The molecule has 0 radical (unpaired) electrons. The molecular weight excluding hydrogens is 403 g/mol. The molecule has 9 heteroatoms. The van der Waals surface area contributed by atoms with Crippen molar-refractivity contribution in [1.29, 1.82) is 0 Å². The lowest BCUT2D eigenvalue weighted by molar-refractivity contribution is 0.0950. The average molecular weight is 419 g/mol. The standard InChI is InChI=1S/C19H16Cl2N4O3/c1-27-17-6-3-11(7-18(17)28-2)10-22-25-19(26)16-9-15(23-24-16)13-5-4-12(20)8-14(13)21/h3-10H,1-2H3,(H,23,24)(H,25,26)/b22-10-. The monoisotopic (exact) mass is 418 g/mol. The molecule has 3 rings (SSSR count). The van der Waals surface area contributed by atoms with Crippen molar-refractivity contribution in [1.82, 2.24) is 15.6 Å². The summed E-state index contributed by atoms with van der Waals surface area (Å²) in [6, 6.07) is 11.9. The quantitative estimate of drug-likeness (QED) is 0.464. The van der Waals surface area contributed by atoms with Crippen molar-refractivity contribution in [3.8, 4) is 22.8 Å². The van der Waals surface area contributed by atoms with Gasteiger partial charge in [-0.1, -0.05) is 23.2 Å². The van der Waals surface area contributed by atoms with Gasteiger partial charge < -0.3 is 9.47 Å². The van der Waals surface area contributed by atoms with E-state index >= 15 is 0 Å². The Morgan fingerprint density at radius 2 is 1.89 bits per heavy atom. The Kier molecular flexibility index (Phi) is 6.18. The van der Waals surface area contributed by atoms with Crippen LogP contribution in [0.1, 0.15) is 16.1 Å². The third-order valence-corrected chi connectivity index (χ3v) is 4.36. The summed E-state index contributed by atoms with van der Waals surface area (Å²) in [5.41, 5.74) is 4.59. The molecule has 144 valence electrons. The number of aromatic amines is 1. The number of hydrogen-bond donors (Lipinski definition) is 2. The van der Waals surface area contributed by atoms with Gasteiger partial charge in [0.25, 0.3) is 5.91 Å². The lowest BCUT2D eigenvalue weighted by Crippen LogP contribution is -2.18. The van der Waals surface area contributed by atoms with Crippen LogP contribution in [0.4, 0.5) is 0 Å². The van der Waals surface area contributed by atoms with Crippen molar-refractivity contribution in [2.75, 3.05) is 14.2 Å². The molecule has 0 saturated carbocycles. The fourth-order valence-corrected chi connectivity index (χ4v) is 2.94. The number of rotatable bonds is 6. The number of amides is 1. The second-order valence-corrected chi connectivity index (χ2v) is 6.45. The Morgan fingerprint density at radius 3 is 2.61 bits per heavy atom. The third-order valence-electron chi connectivity index (χ3n) is 3.82. The van der Waals surface area contributed by atoms with Crippen molar-refractivity contribution in [3.05, 3.63) is 63.8 Å². The number of carbonyl (C=O) groups excluding carboxylic acids is 1. The van der Waals surface area contributed by atoms with Gasteiger partial charge in [0, 0.05) is 10.6 Å². The predicted molar refractivity (Wildman–Crippen MR) is 109 cm³/mol. The van der Waals surface area contributed by atoms with Gasteiger partial charge >= 0.3 is 0 Å². The molecule has 0 saturated heterocycles. The Hall–Kier alpha value is -3.03. The van der Waals surface area contributed by atoms with Gasteiger partial charge in [-0.25, -0.2) is 5.43 Å². The summed E-state index contributed by atoms with van der Waals surface area (Å²) < 4.78 is 10.4. The predicted octanol–water partition coefficient (Wildman–Crippen LogP) is 4.16. The normalized spacial score (nSPS) is 10.9. The summed E-state index contributed by atoms with van der Waals surface area (Å²) in [4.78, 5) is 12.2. The van der Waals surface area contributed by atoms with Crippen molar-refractivity contribution >= 4 is 35.3 Å². The van der Waals surface area contributed by atoms with Crippen molar-refractivity contribution in [2.24, 2.45) is 5.10 Å². The van der Waals surface area contributed by atoms with E-state index in [9.17, 15) is 4.79 Å². The molecule has 2 aromatic carbocycles. The van der Waals surface area contributed by atoms with Crippen LogP contribution in [0.3, 0.4) is 0 Å². The molecule has 2 N–H and O–H groups in total. The number of aromatic nitrogens is 2. The van der Waals surface area contributed by atoms with Crippen LogP contribution in [-0.4, -0.2) is 36.5 Å². The van der Waals surface area contributed by atoms with E-state index in [1.165, 1.54) is 6.21 Å². The first-order chi connectivity index (χ1) is 13.5. The minimum Gasteiger partial charge on any atom is -0.493 e. The van der Waals surface area contributed by atoms with E-state index in [0.717, 1.165) is 5.56 Å². The first kappa shape index (κ1) is 19.7. The molecule has 0 atom stereocenters. The molecule has 1 heterocycles. The van der Waals surface area contributed by atoms with Crippen LogP contribution in [0, 0.1) is 0 Å². The van der Waals surface area contributed by atoms with Gasteiger partial charge in [-0.15, -0.1) is 0 Å². The largest absolute Gasteiger partial charge is 0.493 e. The van der Waals surface area contributed by atoms with Gasteiger partial charge in [0.2, 0.25) is 0 Å². The molecule has 1 amide bonds. The van der Waals surface area contributed by atoms with Crippen LogP contribution in [0.2, 0.25) is 10.0 Å². The van der Waals surface area contributed by atoms with Crippen LogP contribution in [0.15, 0.2) is 47.6 Å². The van der Waals surface area contributed by atoms with E-state index in [1.54, 1.807) is 56.7 Å². The highest BCUT2D eigenvalue weighted by Gasteiger charge is 2.13. The summed E-state index contributed by atoms with van der Waals surface area (Å²) in [5, 5.41) is 11.7. The number of halogens is 2. The van der Waals surface area contributed by atoms with E-state index in [-0.39, 0.29) is 5.69 Å². The van der Waals surface area contributed by atoms with Crippen LogP contribution < -0.4 is 14.9 Å². The molecule has 0 bridgehead atoms. The van der Waals surface area contributed by atoms with Crippen molar-refractivity contribution in [2.45, 2.75) is 0 Å². The highest BCUT2D eigenvalue weighted by molar-refractivity contribution is 6.36. The van der Waals surface area contributed by atoms with E-state index < -0.39 is 5.91 Å². The highest BCUT2D eigenvalue weighted by atomic mass is 35.5. The second kappa shape index (κ2) is 8.77. The third kappa shape index (κ3) is 4.44. The Balaban J connectivity index is 1.69. The van der Waals surface area contributed by atoms with Gasteiger partial charge in [-0.3, -0.25) is 9.89 Å². The Labute approximate surface area is 171 Å². The van der Waals surface area contributed by atoms with Gasteiger partial charge in [-0.05, 0) is 48.0 Å². The van der Waals surface area contributed by atoms with E-state index in [0.29, 0.717) is 32.8 Å². The number of H-pyrrole nitrogens is 1. The van der Waals surface area contributed by atoms with Gasteiger partial charge in [-0.2, -0.15) is 10.2 Å². The highest BCUT2D eigenvalue weighted by Crippen LogP contribution is 2.29. The molecule has 3 aromatic rings. The number of nitrogens with one attached hydrogen (secondary N) is 2. The molecule has 0 aliphatic rings. The molecule has 0 spiro atoms. The summed E-state index contributed by atoms with van der Waals surface area (Å²) in [6.07, 6.45) is 1.49. The molecule has 0 aliphatic heterocycles. The maximum atomic E-state index is 12.2. The topological polar surface area (TPSA) is 88.6 Å². The second-order valence-electron chi connectivity index (χ2n) is 5.60. The number of nitrogens with zero attached hydrogens (tertiary/aromatic N) is 2. The SMILES string of the molecule is COc1ccc(/C=N\NC(=O)c2cc(-c3ccc(Cl)cc3Cl)n[nH]2)cc1OC. The summed E-state index contributed by atoms with van der Waals surface area (Å²) in [7, 11) is 3.10. The number of methoxy groups -OCH3 is 2. The first-order valence-electron chi connectivity index (χ1n) is 8.08. The minimum absolute atomic E-state index is 0.241. The summed E-state index contributed by atoms with van der Waals surface area (Å²) in [6.45, 7) is 0. The lowest BCUT2D eigenvalue weighted by Gasteiger charge is -2.07. The maximum Gasteiger partial charge on any atom is 0.289 e. The summed E-state index contributed by atoms with van der Waals surface area (Å²) in [5.74, 6) is 0.728. The fraction of sp³-hybridized carbons (Fsp3) is 0.105. The van der Waals surface area contributed by atoms with E-state index in [4.69, 9.17) is 32.7 Å². The van der Waals surface area contributed by atoms with Gasteiger partial charge in [0.15, 0.2) is 11.5 Å². The van der Waals surface area contributed by atoms with Crippen molar-refractivity contribution < 1.29 is 14.3 Å². The smallest absolute Gasteiger partial charge is 0.289 e. The zero-order valence-electron chi connectivity index (χ0n) is 15.0. The fourth-order valence-electron chi connectivity index (χ4n) is 2.43.